The van der Waals surface area contributed by atoms with E-state index in [1.54, 1.807) is 13.2 Å². The van der Waals surface area contributed by atoms with Gasteiger partial charge in [-0.3, -0.25) is 0 Å². The fourth-order valence-electron chi connectivity index (χ4n) is 2.00. The van der Waals surface area contributed by atoms with Crippen molar-refractivity contribution in [2.75, 3.05) is 20.3 Å². The summed E-state index contributed by atoms with van der Waals surface area (Å²) in [7, 11) is 1.61. The average Bonchev–Trinajstić information content (AvgIpc) is 2.52. The lowest BCUT2D eigenvalue weighted by atomic mass is 10.1. The van der Waals surface area contributed by atoms with E-state index in [1.807, 2.05) is 24.3 Å². The van der Waals surface area contributed by atoms with Crippen LogP contribution in [-0.4, -0.2) is 26.3 Å². The Kier molecular flexibility index (Phi) is 5.52. The largest absolute Gasteiger partial charge is 0.492 e. The lowest BCUT2D eigenvalue weighted by Gasteiger charge is -2.13. The number of methoxy groups -OCH3 is 1. The van der Waals surface area contributed by atoms with Gasteiger partial charge in [0.25, 0.3) is 0 Å². The molecule has 0 radical (unpaired) electrons. The predicted octanol–water partition coefficient (Wildman–Crippen LogP) is 4.06. The molecule has 2 aromatic carbocycles. The molecule has 0 aliphatic heterocycles. The van der Waals surface area contributed by atoms with Gasteiger partial charge in [-0.2, -0.15) is 0 Å². The fraction of sp³-hybridized carbons (Fsp3) is 0.267. The van der Waals surface area contributed by atoms with E-state index in [0.29, 0.717) is 29.9 Å². The molecule has 2 aromatic rings. The van der Waals surface area contributed by atoms with Gasteiger partial charge in [-0.15, -0.1) is 0 Å². The molecule has 0 atom stereocenters. The van der Waals surface area contributed by atoms with Gasteiger partial charge in [-0.05, 0) is 27.4 Å². The zero-order valence-corrected chi connectivity index (χ0v) is 13.0. The van der Waals surface area contributed by atoms with Crippen LogP contribution < -0.4 is 4.74 Å². The summed E-state index contributed by atoms with van der Waals surface area (Å²) in [6, 6.07) is 8.94. The van der Waals surface area contributed by atoms with E-state index in [9.17, 15) is 9.32 Å². The zero-order chi connectivity index (χ0) is 15.2. The second-order valence-corrected chi connectivity index (χ2v) is 5.14. The maximum Gasteiger partial charge on any atom is 0.380 e. The number of carbonyl (C=O) groups is 1. The first-order chi connectivity index (χ1) is 10.2. The first kappa shape index (κ1) is 15.7. The van der Waals surface area contributed by atoms with E-state index in [1.165, 1.54) is 0 Å². The SMILES string of the molecule is COCCCOc1c(Br)c(C(=O)OF)cc2ccccc12. The van der Waals surface area contributed by atoms with Crippen molar-refractivity contribution in [3.05, 3.63) is 40.4 Å². The number of carbonyl (C=O) groups excluding carboxylic acids is 1. The van der Waals surface area contributed by atoms with Crippen molar-refractivity contribution in [2.45, 2.75) is 6.42 Å². The van der Waals surface area contributed by atoms with E-state index in [-0.39, 0.29) is 5.56 Å². The number of rotatable bonds is 6. The molecule has 0 fully saturated rings. The van der Waals surface area contributed by atoms with Crippen LogP contribution in [0.2, 0.25) is 0 Å². The van der Waals surface area contributed by atoms with Crippen molar-refractivity contribution in [3.63, 3.8) is 0 Å². The highest BCUT2D eigenvalue weighted by molar-refractivity contribution is 9.10. The number of hydrogen-bond acceptors (Lipinski definition) is 4. The summed E-state index contributed by atoms with van der Waals surface area (Å²) in [5, 5.41) is 1.60. The maximum atomic E-state index is 12.2. The normalized spacial score (nSPS) is 10.6. The molecule has 4 nitrogen and oxygen atoms in total. The van der Waals surface area contributed by atoms with Crippen molar-refractivity contribution < 1.29 is 23.7 Å². The Balaban J connectivity index is 2.44. The Bertz CT molecular complexity index is 645. The molecule has 0 amide bonds. The van der Waals surface area contributed by atoms with E-state index in [4.69, 9.17) is 9.47 Å². The first-order valence-corrected chi connectivity index (χ1v) is 7.14. The van der Waals surface area contributed by atoms with Crippen molar-refractivity contribution in [1.82, 2.24) is 0 Å². The molecule has 0 spiro atoms. The van der Waals surface area contributed by atoms with Gasteiger partial charge in [0.1, 0.15) is 5.75 Å². The molecule has 0 aliphatic carbocycles. The topological polar surface area (TPSA) is 44.8 Å². The smallest absolute Gasteiger partial charge is 0.380 e. The Hall–Kier alpha value is -1.66. The maximum absolute atomic E-state index is 12.2. The van der Waals surface area contributed by atoms with Crippen LogP contribution in [0.4, 0.5) is 4.53 Å². The van der Waals surface area contributed by atoms with E-state index < -0.39 is 5.97 Å². The van der Waals surface area contributed by atoms with Crippen molar-refractivity contribution in [2.24, 2.45) is 0 Å². The summed E-state index contributed by atoms with van der Waals surface area (Å²) >= 11 is 3.29. The summed E-state index contributed by atoms with van der Waals surface area (Å²) in [5.74, 6) is -0.570. The van der Waals surface area contributed by atoms with Crippen LogP contribution in [0.25, 0.3) is 10.8 Å². The fourth-order valence-corrected chi connectivity index (χ4v) is 2.60. The molecule has 0 heterocycles. The van der Waals surface area contributed by atoms with Gasteiger partial charge < -0.3 is 9.47 Å². The number of benzene rings is 2. The molecule has 0 N–H and O–H groups in total. The number of hydrogen-bond donors (Lipinski definition) is 0. The minimum Gasteiger partial charge on any atom is -0.492 e. The number of fused-ring (bicyclic) bond motifs is 1. The third-order valence-electron chi connectivity index (χ3n) is 2.97. The average molecular weight is 357 g/mol. The van der Waals surface area contributed by atoms with Crippen molar-refractivity contribution >= 4 is 32.7 Å². The minimum atomic E-state index is -1.06. The lowest BCUT2D eigenvalue weighted by Crippen LogP contribution is -2.06. The molecule has 0 aromatic heterocycles. The third kappa shape index (κ3) is 3.51. The van der Waals surface area contributed by atoms with E-state index in [0.717, 1.165) is 10.8 Å². The number of halogens is 2. The third-order valence-corrected chi connectivity index (χ3v) is 3.76. The minimum absolute atomic E-state index is 0.0814. The zero-order valence-electron chi connectivity index (χ0n) is 11.4. The second-order valence-electron chi connectivity index (χ2n) is 4.35. The van der Waals surface area contributed by atoms with Crippen LogP contribution in [-0.2, 0) is 9.68 Å². The Labute approximate surface area is 129 Å². The highest BCUT2D eigenvalue weighted by Crippen LogP contribution is 2.37. The lowest BCUT2D eigenvalue weighted by molar-refractivity contribution is -0.0788. The standard InChI is InChI=1S/C15H14BrFO4/c1-19-7-4-8-20-14-11-6-3-2-5-10(11)9-12(13(14)16)15(18)21-17/h2-3,5-6,9H,4,7-8H2,1H3. The Morgan fingerprint density at radius 1 is 1.29 bits per heavy atom. The summed E-state index contributed by atoms with van der Waals surface area (Å²) in [6.45, 7) is 0.992. The molecule has 0 aliphatic rings. The summed E-state index contributed by atoms with van der Waals surface area (Å²) in [6.07, 6.45) is 0.703. The van der Waals surface area contributed by atoms with Crippen LogP contribution in [0.15, 0.2) is 34.8 Å². The van der Waals surface area contributed by atoms with Gasteiger partial charge in [0.15, 0.2) is 0 Å². The summed E-state index contributed by atoms with van der Waals surface area (Å²) in [5.41, 5.74) is 0.0814. The molecule has 6 heteroatoms. The molecule has 0 saturated heterocycles. The van der Waals surface area contributed by atoms with Crippen LogP contribution in [0.5, 0.6) is 5.75 Å². The van der Waals surface area contributed by atoms with Gasteiger partial charge >= 0.3 is 5.97 Å². The Morgan fingerprint density at radius 2 is 2.05 bits per heavy atom. The van der Waals surface area contributed by atoms with E-state index in [2.05, 4.69) is 20.9 Å². The highest BCUT2D eigenvalue weighted by Gasteiger charge is 2.19. The van der Waals surface area contributed by atoms with Crippen LogP contribution in [0, 0.1) is 0 Å². The van der Waals surface area contributed by atoms with Gasteiger partial charge in [0, 0.05) is 30.0 Å². The van der Waals surface area contributed by atoms with Crippen LogP contribution in [0.1, 0.15) is 16.8 Å². The molecule has 0 bridgehead atoms. The summed E-state index contributed by atoms with van der Waals surface area (Å²) < 4.78 is 23.3. The molecule has 2 rings (SSSR count). The van der Waals surface area contributed by atoms with Crippen molar-refractivity contribution in [3.8, 4) is 5.75 Å². The van der Waals surface area contributed by atoms with Gasteiger partial charge in [-0.25, -0.2) is 9.74 Å². The molecule has 0 saturated carbocycles. The first-order valence-electron chi connectivity index (χ1n) is 6.35. The molecule has 0 unspecified atom stereocenters. The number of ether oxygens (including phenoxy) is 2. The Morgan fingerprint density at radius 3 is 2.76 bits per heavy atom. The molecule has 21 heavy (non-hydrogen) atoms. The molecular weight excluding hydrogens is 343 g/mol. The molecule has 112 valence electrons. The monoisotopic (exact) mass is 356 g/mol. The van der Waals surface area contributed by atoms with Crippen LogP contribution >= 0.6 is 15.9 Å². The van der Waals surface area contributed by atoms with Gasteiger partial charge in [0.2, 0.25) is 0 Å². The van der Waals surface area contributed by atoms with Crippen molar-refractivity contribution in [1.29, 1.82) is 0 Å². The highest BCUT2D eigenvalue weighted by atomic mass is 79.9. The van der Waals surface area contributed by atoms with Crippen LogP contribution in [0.3, 0.4) is 0 Å². The quantitative estimate of drug-likeness (QED) is 0.732. The summed E-state index contributed by atoms with van der Waals surface area (Å²) in [4.78, 5) is 14.8. The molecular formula is C15H14BrFO4. The predicted molar refractivity (Wildman–Crippen MR) is 80.2 cm³/mol. The van der Waals surface area contributed by atoms with Gasteiger partial charge in [-0.1, -0.05) is 24.3 Å². The van der Waals surface area contributed by atoms with E-state index >= 15 is 0 Å². The second kappa shape index (κ2) is 7.38. The van der Waals surface area contributed by atoms with Gasteiger partial charge in [0.05, 0.1) is 16.6 Å².